The standard InChI is InChI=1S/C16H20N2O3/c1-3-8-17-15(16(19)20-2)11-21-13-7-6-12-5-4-9-18-14(12)10-13/h4-7,9-10,15,17H,3,8,11H2,1-2H3. The van der Waals surface area contributed by atoms with Crippen molar-refractivity contribution in [1.29, 1.82) is 0 Å². The van der Waals surface area contributed by atoms with E-state index in [1.807, 2.05) is 37.3 Å². The lowest BCUT2D eigenvalue weighted by atomic mass is 10.2. The first-order valence-corrected chi connectivity index (χ1v) is 7.03. The molecule has 21 heavy (non-hydrogen) atoms. The Labute approximate surface area is 124 Å². The summed E-state index contributed by atoms with van der Waals surface area (Å²) in [5.74, 6) is 0.371. The Bertz CT molecular complexity index is 601. The molecule has 1 aromatic heterocycles. The molecule has 0 radical (unpaired) electrons. The molecule has 0 spiro atoms. The highest BCUT2D eigenvalue weighted by Crippen LogP contribution is 2.18. The summed E-state index contributed by atoms with van der Waals surface area (Å²) in [6.45, 7) is 3.00. The van der Waals surface area contributed by atoms with Crippen LogP contribution in [0, 0.1) is 0 Å². The number of aromatic nitrogens is 1. The number of hydrogen-bond acceptors (Lipinski definition) is 5. The Morgan fingerprint density at radius 2 is 2.24 bits per heavy atom. The second-order valence-corrected chi connectivity index (χ2v) is 4.70. The summed E-state index contributed by atoms with van der Waals surface area (Å²) in [5.41, 5.74) is 0.867. The van der Waals surface area contributed by atoms with Gasteiger partial charge in [-0.1, -0.05) is 13.0 Å². The highest BCUT2D eigenvalue weighted by molar-refractivity contribution is 5.79. The van der Waals surface area contributed by atoms with Crippen LogP contribution in [0.5, 0.6) is 5.75 Å². The molecule has 2 rings (SSSR count). The van der Waals surface area contributed by atoms with Gasteiger partial charge in [0.15, 0.2) is 0 Å². The van der Waals surface area contributed by atoms with E-state index in [0.29, 0.717) is 5.75 Å². The van der Waals surface area contributed by atoms with Gasteiger partial charge in [0.2, 0.25) is 0 Å². The molecule has 0 bridgehead atoms. The van der Waals surface area contributed by atoms with Gasteiger partial charge < -0.3 is 14.8 Å². The van der Waals surface area contributed by atoms with Crippen molar-refractivity contribution < 1.29 is 14.3 Å². The average molecular weight is 288 g/mol. The summed E-state index contributed by atoms with van der Waals surface area (Å²) >= 11 is 0. The molecular formula is C16H20N2O3. The second kappa shape index (κ2) is 7.59. The number of benzene rings is 1. The summed E-state index contributed by atoms with van der Waals surface area (Å²) in [6.07, 6.45) is 2.68. The van der Waals surface area contributed by atoms with Crippen molar-refractivity contribution in [1.82, 2.24) is 10.3 Å². The van der Waals surface area contributed by atoms with Crippen LogP contribution in [0.2, 0.25) is 0 Å². The van der Waals surface area contributed by atoms with E-state index in [1.165, 1.54) is 7.11 Å². The molecular weight excluding hydrogens is 268 g/mol. The van der Waals surface area contributed by atoms with E-state index in [-0.39, 0.29) is 12.6 Å². The van der Waals surface area contributed by atoms with E-state index in [9.17, 15) is 4.79 Å². The van der Waals surface area contributed by atoms with Gasteiger partial charge in [0, 0.05) is 17.6 Å². The predicted molar refractivity (Wildman–Crippen MR) is 81.3 cm³/mol. The number of pyridine rings is 1. The molecule has 1 heterocycles. The molecule has 0 saturated carbocycles. The monoisotopic (exact) mass is 288 g/mol. The Balaban J connectivity index is 2.02. The van der Waals surface area contributed by atoms with Crippen molar-refractivity contribution in [2.24, 2.45) is 0 Å². The van der Waals surface area contributed by atoms with E-state index in [0.717, 1.165) is 23.9 Å². The summed E-state index contributed by atoms with van der Waals surface area (Å²) in [5, 5.41) is 4.17. The van der Waals surface area contributed by atoms with Crippen molar-refractivity contribution in [3.05, 3.63) is 36.5 Å². The fourth-order valence-corrected chi connectivity index (χ4v) is 1.99. The number of methoxy groups -OCH3 is 1. The molecule has 1 N–H and O–H groups in total. The van der Waals surface area contributed by atoms with Gasteiger partial charge in [-0.3, -0.25) is 9.78 Å². The third-order valence-corrected chi connectivity index (χ3v) is 3.12. The number of carbonyl (C=O) groups is 1. The molecule has 5 heteroatoms. The number of nitrogens with zero attached hydrogens (tertiary/aromatic N) is 1. The molecule has 1 atom stereocenters. The molecule has 5 nitrogen and oxygen atoms in total. The fraction of sp³-hybridized carbons (Fsp3) is 0.375. The SMILES string of the molecule is CCCNC(COc1ccc2cccnc2c1)C(=O)OC. The van der Waals surface area contributed by atoms with Crippen LogP contribution >= 0.6 is 0 Å². The lowest BCUT2D eigenvalue weighted by Gasteiger charge is -2.17. The minimum Gasteiger partial charge on any atom is -0.491 e. The maximum Gasteiger partial charge on any atom is 0.326 e. The van der Waals surface area contributed by atoms with Crippen LogP contribution in [-0.4, -0.2) is 37.3 Å². The quantitative estimate of drug-likeness (QED) is 0.791. The molecule has 0 aliphatic rings. The first-order chi connectivity index (χ1) is 10.2. The third kappa shape index (κ3) is 4.16. The molecule has 1 unspecified atom stereocenters. The number of rotatable bonds is 7. The van der Waals surface area contributed by atoms with E-state index in [2.05, 4.69) is 10.3 Å². The van der Waals surface area contributed by atoms with E-state index in [4.69, 9.17) is 9.47 Å². The van der Waals surface area contributed by atoms with Crippen LogP contribution in [0.3, 0.4) is 0 Å². The van der Waals surface area contributed by atoms with Crippen LogP contribution in [0.15, 0.2) is 36.5 Å². The van der Waals surface area contributed by atoms with Crippen molar-refractivity contribution in [2.75, 3.05) is 20.3 Å². The first kappa shape index (κ1) is 15.3. The summed E-state index contributed by atoms with van der Waals surface area (Å²) in [7, 11) is 1.38. The van der Waals surface area contributed by atoms with Gasteiger partial charge in [-0.2, -0.15) is 0 Å². The van der Waals surface area contributed by atoms with E-state index >= 15 is 0 Å². The molecule has 0 aliphatic carbocycles. The summed E-state index contributed by atoms with van der Waals surface area (Å²) < 4.78 is 10.5. The number of hydrogen-bond donors (Lipinski definition) is 1. The minimum atomic E-state index is -0.464. The number of carbonyl (C=O) groups excluding carboxylic acids is 1. The normalized spacial score (nSPS) is 12.1. The van der Waals surface area contributed by atoms with Crippen molar-refractivity contribution in [3.63, 3.8) is 0 Å². The van der Waals surface area contributed by atoms with Gasteiger partial charge in [-0.25, -0.2) is 0 Å². The van der Waals surface area contributed by atoms with Crippen molar-refractivity contribution in [3.8, 4) is 5.75 Å². The average Bonchev–Trinajstić information content (AvgIpc) is 2.54. The molecule has 2 aromatic rings. The number of fused-ring (bicyclic) bond motifs is 1. The Hall–Kier alpha value is -2.14. The van der Waals surface area contributed by atoms with Crippen molar-refractivity contribution in [2.45, 2.75) is 19.4 Å². The van der Waals surface area contributed by atoms with Crippen LogP contribution in [0.25, 0.3) is 10.9 Å². The maximum absolute atomic E-state index is 11.7. The zero-order valence-corrected chi connectivity index (χ0v) is 12.3. The van der Waals surface area contributed by atoms with Crippen LogP contribution in [0.1, 0.15) is 13.3 Å². The lowest BCUT2D eigenvalue weighted by Crippen LogP contribution is -2.42. The summed E-state index contributed by atoms with van der Waals surface area (Å²) in [6, 6.07) is 9.11. The highest BCUT2D eigenvalue weighted by Gasteiger charge is 2.19. The van der Waals surface area contributed by atoms with Gasteiger partial charge in [0.05, 0.1) is 12.6 Å². The number of esters is 1. The molecule has 0 saturated heterocycles. The molecule has 0 fully saturated rings. The van der Waals surface area contributed by atoms with Gasteiger partial charge >= 0.3 is 5.97 Å². The molecule has 112 valence electrons. The van der Waals surface area contributed by atoms with Gasteiger partial charge in [-0.05, 0) is 31.2 Å². The number of nitrogens with one attached hydrogen (secondary N) is 1. The van der Waals surface area contributed by atoms with Gasteiger partial charge in [-0.15, -0.1) is 0 Å². The van der Waals surface area contributed by atoms with Crippen LogP contribution in [0.4, 0.5) is 0 Å². The van der Waals surface area contributed by atoms with Crippen LogP contribution in [-0.2, 0) is 9.53 Å². The molecule has 0 aliphatic heterocycles. The lowest BCUT2D eigenvalue weighted by molar-refractivity contribution is -0.143. The van der Waals surface area contributed by atoms with Gasteiger partial charge in [0.25, 0.3) is 0 Å². The fourth-order valence-electron chi connectivity index (χ4n) is 1.99. The Kier molecular flexibility index (Phi) is 5.51. The predicted octanol–water partition coefficient (Wildman–Crippen LogP) is 2.15. The Morgan fingerprint density at radius 3 is 3.00 bits per heavy atom. The van der Waals surface area contributed by atoms with Crippen LogP contribution < -0.4 is 10.1 Å². The Morgan fingerprint density at radius 1 is 1.38 bits per heavy atom. The largest absolute Gasteiger partial charge is 0.491 e. The molecule has 1 aromatic carbocycles. The minimum absolute atomic E-state index is 0.227. The molecule has 0 amide bonds. The zero-order valence-electron chi connectivity index (χ0n) is 12.3. The third-order valence-electron chi connectivity index (χ3n) is 3.12. The topological polar surface area (TPSA) is 60.5 Å². The van der Waals surface area contributed by atoms with E-state index in [1.54, 1.807) is 6.20 Å². The highest BCUT2D eigenvalue weighted by atomic mass is 16.5. The summed E-state index contributed by atoms with van der Waals surface area (Å²) in [4.78, 5) is 16.0. The maximum atomic E-state index is 11.7. The first-order valence-electron chi connectivity index (χ1n) is 7.03. The number of ether oxygens (including phenoxy) is 2. The zero-order chi connectivity index (χ0) is 15.1. The smallest absolute Gasteiger partial charge is 0.326 e. The van der Waals surface area contributed by atoms with Crippen molar-refractivity contribution >= 4 is 16.9 Å². The van der Waals surface area contributed by atoms with E-state index < -0.39 is 6.04 Å². The second-order valence-electron chi connectivity index (χ2n) is 4.70. The van der Waals surface area contributed by atoms with Gasteiger partial charge in [0.1, 0.15) is 18.4 Å².